The molecule has 0 saturated carbocycles. The number of fused-ring (bicyclic) bond motifs is 1. The van der Waals surface area contributed by atoms with Crippen molar-refractivity contribution in [2.75, 3.05) is 12.8 Å². The third-order valence-corrected chi connectivity index (χ3v) is 3.16. The van der Waals surface area contributed by atoms with Gasteiger partial charge in [0.25, 0.3) is 0 Å². The van der Waals surface area contributed by atoms with Gasteiger partial charge in [-0.15, -0.1) is 0 Å². The number of benzene rings is 1. The number of rotatable bonds is 2. The van der Waals surface area contributed by atoms with Gasteiger partial charge in [0, 0.05) is 23.3 Å². The highest BCUT2D eigenvalue weighted by atomic mass is 16.5. The first-order valence-corrected chi connectivity index (χ1v) is 5.99. The Bertz CT molecular complexity index is 885. The van der Waals surface area contributed by atoms with Crippen LogP contribution >= 0.6 is 0 Å². The van der Waals surface area contributed by atoms with Crippen molar-refractivity contribution in [3.63, 3.8) is 0 Å². The van der Waals surface area contributed by atoms with E-state index in [0.29, 0.717) is 11.3 Å². The van der Waals surface area contributed by atoms with Crippen molar-refractivity contribution in [2.45, 2.75) is 0 Å². The first-order valence-electron chi connectivity index (χ1n) is 5.99. The minimum atomic E-state index is -0.619. The number of esters is 1. The molecule has 0 aliphatic carbocycles. The Balaban J connectivity index is 2.25. The number of nitriles is 1. The molecule has 7 heteroatoms. The smallest absolute Gasteiger partial charge is 0.357 e. The van der Waals surface area contributed by atoms with Gasteiger partial charge in [-0.1, -0.05) is 5.16 Å². The Kier molecular flexibility index (Phi) is 2.84. The molecule has 3 aromatic rings. The van der Waals surface area contributed by atoms with Crippen molar-refractivity contribution < 1.29 is 14.1 Å². The van der Waals surface area contributed by atoms with Crippen LogP contribution in [0.3, 0.4) is 0 Å². The van der Waals surface area contributed by atoms with Crippen LogP contribution in [-0.2, 0) is 4.74 Å². The highest BCUT2D eigenvalue weighted by molar-refractivity contribution is 5.96. The van der Waals surface area contributed by atoms with Crippen LogP contribution < -0.4 is 5.73 Å². The molecule has 21 heavy (non-hydrogen) atoms. The van der Waals surface area contributed by atoms with Crippen molar-refractivity contribution in [1.29, 1.82) is 5.26 Å². The lowest BCUT2D eigenvalue weighted by Crippen LogP contribution is -2.11. The molecule has 1 aromatic carbocycles. The molecule has 0 amide bonds. The summed E-state index contributed by atoms with van der Waals surface area (Å²) in [4.78, 5) is 11.9. The summed E-state index contributed by atoms with van der Waals surface area (Å²) in [5.41, 5.74) is 7.42. The number of hydrogen-bond acceptors (Lipinski definition) is 6. The molecule has 0 unspecified atom stereocenters. The molecule has 0 radical (unpaired) electrons. The summed E-state index contributed by atoms with van der Waals surface area (Å²) in [5, 5.41) is 13.6. The molecule has 0 spiro atoms. The Morgan fingerprint density at radius 3 is 3.05 bits per heavy atom. The Hall–Kier alpha value is -3.27. The molecule has 0 saturated heterocycles. The summed E-state index contributed by atoms with van der Waals surface area (Å²) in [7, 11) is 1.25. The van der Waals surface area contributed by atoms with Crippen LogP contribution in [0, 0.1) is 11.3 Å². The molecule has 3 rings (SSSR count). The Labute approximate surface area is 119 Å². The van der Waals surface area contributed by atoms with Gasteiger partial charge in [-0.25, -0.2) is 4.79 Å². The zero-order valence-electron chi connectivity index (χ0n) is 11.0. The van der Waals surface area contributed by atoms with Crippen molar-refractivity contribution >= 4 is 22.6 Å². The molecule has 2 heterocycles. The van der Waals surface area contributed by atoms with Crippen LogP contribution in [0.25, 0.3) is 16.7 Å². The third-order valence-electron chi connectivity index (χ3n) is 3.16. The lowest BCUT2D eigenvalue weighted by molar-refractivity contribution is 0.0593. The molecular weight excluding hydrogens is 272 g/mol. The maximum absolute atomic E-state index is 11.9. The topological polar surface area (TPSA) is 107 Å². The van der Waals surface area contributed by atoms with Gasteiger partial charge >= 0.3 is 5.97 Å². The average Bonchev–Trinajstić information content (AvgIpc) is 3.09. The zero-order valence-corrected chi connectivity index (χ0v) is 11.0. The van der Waals surface area contributed by atoms with Crippen molar-refractivity contribution in [1.82, 2.24) is 9.72 Å². The van der Waals surface area contributed by atoms with Crippen molar-refractivity contribution in [2.24, 2.45) is 0 Å². The molecule has 2 aromatic heterocycles. The van der Waals surface area contributed by atoms with Crippen molar-refractivity contribution in [3.05, 3.63) is 41.9 Å². The van der Waals surface area contributed by atoms with E-state index in [4.69, 9.17) is 20.3 Å². The molecule has 0 aliphatic heterocycles. The van der Waals surface area contributed by atoms with Crippen LogP contribution in [0.4, 0.5) is 5.69 Å². The fourth-order valence-electron chi connectivity index (χ4n) is 2.12. The minimum absolute atomic E-state index is 0.0852. The molecule has 0 atom stereocenters. The number of carbonyl (C=O) groups is 1. The van der Waals surface area contributed by atoms with E-state index >= 15 is 0 Å². The molecule has 0 aliphatic rings. The average molecular weight is 282 g/mol. The Morgan fingerprint density at radius 2 is 2.33 bits per heavy atom. The molecule has 0 bridgehead atoms. The number of hydrogen-bond donors (Lipinski definition) is 1. The summed E-state index contributed by atoms with van der Waals surface area (Å²) in [6, 6.07) is 7.22. The van der Waals surface area contributed by atoms with Gasteiger partial charge in [-0.2, -0.15) is 5.26 Å². The lowest BCUT2D eigenvalue weighted by atomic mass is 10.2. The van der Waals surface area contributed by atoms with E-state index < -0.39 is 5.97 Å². The van der Waals surface area contributed by atoms with E-state index in [1.54, 1.807) is 24.4 Å². The summed E-state index contributed by atoms with van der Waals surface area (Å²) in [5.74, 6) is -0.619. The number of carbonyl (C=O) groups excluding carboxylic acids is 1. The maximum atomic E-state index is 11.9. The fraction of sp³-hybridized carbons (Fsp3) is 0.0714. The monoisotopic (exact) mass is 282 g/mol. The predicted octanol–water partition coefficient (Wildman–Crippen LogP) is 1.86. The van der Waals surface area contributed by atoms with E-state index in [2.05, 4.69) is 5.16 Å². The predicted molar refractivity (Wildman–Crippen MR) is 73.8 cm³/mol. The van der Waals surface area contributed by atoms with E-state index in [1.807, 2.05) is 6.07 Å². The molecule has 7 nitrogen and oxygen atoms in total. The van der Waals surface area contributed by atoms with Crippen LogP contribution in [-0.4, -0.2) is 22.8 Å². The third kappa shape index (κ3) is 1.90. The van der Waals surface area contributed by atoms with Crippen molar-refractivity contribution in [3.8, 4) is 11.8 Å². The van der Waals surface area contributed by atoms with Gasteiger partial charge in [0.15, 0.2) is 11.3 Å². The minimum Gasteiger partial charge on any atom is -0.464 e. The lowest BCUT2D eigenvalue weighted by Gasteiger charge is -2.08. The maximum Gasteiger partial charge on any atom is 0.357 e. The standard InChI is InChI=1S/C14H10N4O3/c1-20-14(19)13-12(16)9(5-15)7-18(13)10-3-2-8-6-17-21-11(8)4-10/h2-4,6-7H,16H2,1H3. The van der Waals surface area contributed by atoms with Gasteiger partial charge in [0.1, 0.15) is 6.07 Å². The van der Waals surface area contributed by atoms with Gasteiger partial charge in [0.05, 0.1) is 24.6 Å². The fourth-order valence-corrected chi connectivity index (χ4v) is 2.12. The van der Waals surface area contributed by atoms with Crippen LogP contribution in [0.15, 0.2) is 35.1 Å². The van der Waals surface area contributed by atoms with E-state index in [-0.39, 0.29) is 16.9 Å². The number of nitrogens with two attached hydrogens (primary N) is 1. The quantitative estimate of drug-likeness (QED) is 0.719. The summed E-state index contributed by atoms with van der Waals surface area (Å²) in [6.45, 7) is 0. The first-order chi connectivity index (χ1) is 10.2. The summed E-state index contributed by atoms with van der Waals surface area (Å²) in [6.07, 6.45) is 3.07. The SMILES string of the molecule is COC(=O)c1c(N)c(C#N)cn1-c1ccc2cnoc2c1. The number of methoxy groups -OCH3 is 1. The first kappa shape index (κ1) is 12.7. The molecule has 104 valence electrons. The van der Waals surface area contributed by atoms with Crippen LogP contribution in [0.1, 0.15) is 16.1 Å². The van der Waals surface area contributed by atoms with Gasteiger partial charge in [-0.3, -0.25) is 0 Å². The number of nitrogen functional groups attached to an aromatic ring is 1. The van der Waals surface area contributed by atoms with Crippen LogP contribution in [0.2, 0.25) is 0 Å². The second kappa shape index (κ2) is 4.68. The summed E-state index contributed by atoms with van der Waals surface area (Å²) >= 11 is 0. The largest absolute Gasteiger partial charge is 0.464 e. The number of anilines is 1. The highest BCUT2D eigenvalue weighted by Gasteiger charge is 2.21. The Morgan fingerprint density at radius 1 is 1.52 bits per heavy atom. The van der Waals surface area contributed by atoms with Gasteiger partial charge < -0.3 is 19.6 Å². The molecular formula is C14H10N4O3. The van der Waals surface area contributed by atoms with Gasteiger partial charge in [0.2, 0.25) is 0 Å². The van der Waals surface area contributed by atoms with Crippen LogP contribution in [0.5, 0.6) is 0 Å². The van der Waals surface area contributed by atoms with E-state index in [1.165, 1.54) is 17.9 Å². The second-order valence-corrected chi connectivity index (χ2v) is 4.33. The molecule has 2 N–H and O–H groups in total. The highest BCUT2D eigenvalue weighted by Crippen LogP contribution is 2.26. The molecule has 0 fully saturated rings. The number of aromatic nitrogens is 2. The second-order valence-electron chi connectivity index (χ2n) is 4.33. The zero-order chi connectivity index (χ0) is 15.0. The normalized spacial score (nSPS) is 10.5. The van der Waals surface area contributed by atoms with E-state index in [9.17, 15) is 4.79 Å². The van der Waals surface area contributed by atoms with E-state index in [0.717, 1.165) is 5.39 Å². The summed E-state index contributed by atoms with van der Waals surface area (Å²) < 4.78 is 11.3. The van der Waals surface area contributed by atoms with Gasteiger partial charge in [-0.05, 0) is 12.1 Å². The number of ether oxygens (including phenoxy) is 1. The number of nitrogens with zero attached hydrogens (tertiary/aromatic N) is 3.